The number of nitrogens with zero attached hydrogens (tertiary/aromatic N) is 1. The number of rotatable bonds is 5. The van der Waals surface area contributed by atoms with Gasteiger partial charge in [0.05, 0.1) is 11.2 Å². The van der Waals surface area contributed by atoms with E-state index < -0.39 is 0 Å². The van der Waals surface area contributed by atoms with Gasteiger partial charge >= 0.3 is 0 Å². The Labute approximate surface area is 128 Å². The number of benzene rings is 1. The summed E-state index contributed by atoms with van der Waals surface area (Å²) < 4.78 is 14.2. The molecule has 2 nitrogen and oxygen atoms in total. The highest BCUT2D eigenvalue weighted by atomic mass is 19.1. The topological polar surface area (TPSA) is 29.3 Å². The smallest absolute Gasteiger partial charge is 0.146 e. The first kappa shape index (κ1) is 16.3. The summed E-state index contributed by atoms with van der Waals surface area (Å²) in [7, 11) is 0. The minimum Gasteiger partial charge on any atom is -0.362 e. The second kappa shape index (κ2) is 6.78. The van der Waals surface area contributed by atoms with E-state index in [1.165, 1.54) is 12.8 Å². The predicted molar refractivity (Wildman–Crippen MR) is 88.0 cm³/mol. The molecule has 0 radical (unpaired) electrons. The molecule has 3 heteroatoms. The van der Waals surface area contributed by atoms with Crippen LogP contribution < -0.4 is 10.6 Å². The van der Waals surface area contributed by atoms with Crippen LogP contribution in [0.15, 0.2) is 24.3 Å². The van der Waals surface area contributed by atoms with Crippen molar-refractivity contribution < 1.29 is 4.39 Å². The number of hydrogen-bond donors (Lipinski definition) is 1. The maximum absolute atomic E-state index is 14.2. The monoisotopic (exact) mass is 292 g/mol. The fourth-order valence-electron chi connectivity index (χ4n) is 3.86. The molecule has 1 aromatic carbocycles. The Balaban J connectivity index is 2.25. The van der Waals surface area contributed by atoms with E-state index in [0.717, 1.165) is 31.2 Å². The Morgan fingerprint density at radius 3 is 2.38 bits per heavy atom. The van der Waals surface area contributed by atoms with Gasteiger partial charge in [0, 0.05) is 13.1 Å². The molecule has 0 aromatic heterocycles. The molecule has 0 saturated heterocycles. The van der Waals surface area contributed by atoms with Gasteiger partial charge in [0.1, 0.15) is 5.82 Å². The lowest BCUT2D eigenvalue weighted by Gasteiger charge is -2.49. The molecule has 0 unspecified atom stereocenters. The van der Waals surface area contributed by atoms with Crippen molar-refractivity contribution in [2.45, 2.75) is 52.0 Å². The first-order valence-electron chi connectivity index (χ1n) is 8.26. The van der Waals surface area contributed by atoms with Crippen molar-refractivity contribution in [2.75, 3.05) is 18.0 Å². The van der Waals surface area contributed by atoms with Crippen molar-refractivity contribution in [3.63, 3.8) is 0 Å². The summed E-state index contributed by atoms with van der Waals surface area (Å²) in [6.45, 7) is 8.09. The third kappa shape index (κ3) is 3.23. The van der Waals surface area contributed by atoms with E-state index in [9.17, 15) is 4.39 Å². The van der Waals surface area contributed by atoms with Crippen molar-refractivity contribution in [1.29, 1.82) is 0 Å². The lowest BCUT2D eigenvalue weighted by atomic mass is 9.72. The molecule has 1 aliphatic rings. The molecule has 1 aliphatic carbocycles. The highest BCUT2D eigenvalue weighted by Gasteiger charge is 2.40. The Morgan fingerprint density at radius 1 is 1.29 bits per heavy atom. The number of hydrogen-bond acceptors (Lipinski definition) is 2. The molecule has 1 aromatic rings. The standard InChI is InChI=1S/C18H29FN2/c1-4-21(17-8-6-5-7-16(17)19)18(13-20)11-9-15(10-12-18)14(2)3/h5-8,14-15H,4,9-13,20H2,1-3H3. The maximum Gasteiger partial charge on any atom is 0.146 e. The van der Waals surface area contributed by atoms with Crippen molar-refractivity contribution in [2.24, 2.45) is 17.6 Å². The van der Waals surface area contributed by atoms with Gasteiger partial charge in [-0.1, -0.05) is 26.0 Å². The highest BCUT2D eigenvalue weighted by Crippen LogP contribution is 2.41. The molecule has 0 aliphatic heterocycles. The van der Waals surface area contributed by atoms with Crippen LogP contribution >= 0.6 is 0 Å². The van der Waals surface area contributed by atoms with E-state index >= 15 is 0 Å². The van der Waals surface area contributed by atoms with Crippen LogP contribution in [0.5, 0.6) is 0 Å². The van der Waals surface area contributed by atoms with Crippen molar-refractivity contribution in [3.05, 3.63) is 30.1 Å². The third-order valence-electron chi connectivity index (χ3n) is 5.32. The second-order valence-electron chi connectivity index (χ2n) is 6.71. The van der Waals surface area contributed by atoms with Gasteiger partial charge in [0.15, 0.2) is 0 Å². The predicted octanol–water partition coefficient (Wildman–Crippen LogP) is 4.20. The number of likely N-dealkylation sites (N-methyl/N-ethyl adjacent to an activating group) is 1. The normalized spacial score (nSPS) is 26.1. The summed E-state index contributed by atoms with van der Waals surface area (Å²) in [5.74, 6) is 1.37. The Hall–Kier alpha value is -1.09. The van der Waals surface area contributed by atoms with Crippen LogP contribution in [-0.2, 0) is 0 Å². The minimum atomic E-state index is -0.141. The number of anilines is 1. The van der Waals surface area contributed by atoms with Crippen LogP contribution in [0.1, 0.15) is 46.5 Å². The van der Waals surface area contributed by atoms with Crippen LogP contribution in [0.2, 0.25) is 0 Å². The summed E-state index contributed by atoms with van der Waals surface area (Å²) in [4.78, 5) is 2.21. The molecule has 0 atom stereocenters. The van der Waals surface area contributed by atoms with E-state index in [1.807, 2.05) is 12.1 Å². The quantitative estimate of drug-likeness (QED) is 0.881. The van der Waals surface area contributed by atoms with Crippen molar-refractivity contribution >= 4 is 5.69 Å². The summed E-state index contributed by atoms with van der Waals surface area (Å²) >= 11 is 0. The van der Waals surface area contributed by atoms with E-state index in [1.54, 1.807) is 12.1 Å². The van der Waals surface area contributed by atoms with Crippen molar-refractivity contribution in [1.82, 2.24) is 0 Å². The number of halogens is 1. The van der Waals surface area contributed by atoms with E-state index in [2.05, 4.69) is 25.7 Å². The van der Waals surface area contributed by atoms with Crippen LogP contribution in [0.3, 0.4) is 0 Å². The number of nitrogens with two attached hydrogens (primary N) is 1. The third-order valence-corrected chi connectivity index (χ3v) is 5.32. The largest absolute Gasteiger partial charge is 0.362 e. The molecule has 0 spiro atoms. The average Bonchev–Trinajstić information content (AvgIpc) is 2.50. The van der Waals surface area contributed by atoms with Crippen molar-refractivity contribution in [3.8, 4) is 0 Å². The number of para-hydroxylation sites is 1. The Bertz CT molecular complexity index is 450. The fourth-order valence-corrected chi connectivity index (χ4v) is 3.86. The average molecular weight is 292 g/mol. The second-order valence-corrected chi connectivity index (χ2v) is 6.71. The molecular weight excluding hydrogens is 263 g/mol. The van der Waals surface area contributed by atoms with Gasteiger partial charge in [-0.25, -0.2) is 4.39 Å². The zero-order valence-electron chi connectivity index (χ0n) is 13.6. The lowest BCUT2D eigenvalue weighted by Crippen LogP contribution is -2.56. The zero-order valence-corrected chi connectivity index (χ0v) is 13.6. The molecule has 1 fully saturated rings. The molecule has 0 heterocycles. The van der Waals surface area contributed by atoms with Gasteiger partial charge in [-0.3, -0.25) is 0 Å². The molecule has 2 rings (SSSR count). The Kier molecular flexibility index (Phi) is 5.26. The lowest BCUT2D eigenvalue weighted by molar-refractivity contribution is 0.190. The molecule has 2 N–H and O–H groups in total. The van der Waals surface area contributed by atoms with Crippen LogP contribution in [0.25, 0.3) is 0 Å². The molecule has 21 heavy (non-hydrogen) atoms. The Morgan fingerprint density at radius 2 is 1.90 bits per heavy atom. The zero-order chi connectivity index (χ0) is 15.5. The van der Waals surface area contributed by atoms with Gasteiger partial charge < -0.3 is 10.6 Å². The molecule has 1 saturated carbocycles. The first-order chi connectivity index (χ1) is 10.0. The minimum absolute atomic E-state index is 0.0810. The van der Waals surface area contributed by atoms with Gasteiger partial charge in [-0.05, 0) is 56.6 Å². The van der Waals surface area contributed by atoms with Gasteiger partial charge in [0.25, 0.3) is 0 Å². The molecule has 0 bridgehead atoms. The van der Waals surface area contributed by atoms with Gasteiger partial charge in [-0.2, -0.15) is 0 Å². The summed E-state index contributed by atoms with van der Waals surface area (Å²) in [5, 5.41) is 0. The van der Waals surface area contributed by atoms with Crippen LogP contribution in [0.4, 0.5) is 10.1 Å². The summed E-state index contributed by atoms with van der Waals surface area (Å²) in [6, 6.07) is 7.08. The van der Waals surface area contributed by atoms with Crippen LogP contribution in [-0.4, -0.2) is 18.6 Å². The first-order valence-corrected chi connectivity index (χ1v) is 8.26. The van der Waals surface area contributed by atoms with E-state index in [0.29, 0.717) is 12.2 Å². The highest BCUT2D eigenvalue weighted by molar-refractivity contribution is 5.50. The van der Waals surface area contributed by atoms with E-state index in [-0.39, 0.29) is 11.4 Å². The molecule has 118 valence electrons. The van der Waals surface area contributed by atoms with Crippen LogP contribution in [0, 0.1) is 17.7 Å². The maximum atomic E-state index is 14.2. The molecule has 0 amide bonds. The summed E-state index contributed by atoms with van der Waals surface area (Å²) in [6.07, 6.45) is 4.52. The van der Waals surface area contributed by atoms with Gasteiger partial charge in [0.2, 0.25) is 0 Å². The SMILES string of the molecule is CCN(c1ccccc1F)C1(CN)CCC(C(C)C)CC1. The molecular formula is C18H29FN2. The van der Waals surface area contributed by atoms with E-state index in [4.69, 9.17) is 5.73 Å². The summed E-state index contributed by atoms with van der Waals surface area (Å²) in [5.41, 5.74) is 6.78. The fraction of sp³-hybridized carbons (Fsp3) is 0.667. The van der Waals surface area contributed by atoms with Gasteiger partial charge in [-0.15, -0.1) is 0 Å².